The number of hydrogen-bond donors (Lipinski definition) is 0. The highest BCUT2D eigenvalue weighted by molar-refractivity contribution is 5.34. The Balaban J connectivity index is 1.66. The lowest BCUT2D eigenvalue weighted by Gasteiger charge is -2.36. The highest BCUT2D eigenvalue weighted by Gasteiger charge is 2.31. The van der Waals surface area contributed by atoms with Gasteiger partial charge in [-0.3, -0.25) is 4.57 Å². The molecule has 0 N–H and O–H groups in total. The Kier molecular flexibility index (Phi) is 4.06. The number of aromatic nitrogens is 4. The molecule has 24 heavy (non-hydrogen) atoms. The van der Waals surface area contributed by atoms with Gasteiger partial charge in [-0.05, 0) is 38.0 Å². The standard InChI is InChI=1S/C18H27N5O/c1-12-7-13(2)10-22(9-12)18-20-19-17(15-5-4-6-15)23(18)11-16-8-14(3)21-24-16/h8,12-13,15H,4-7,9-11H2,1-3H3. The summed E-state index contributed by atoms with van der Waals surface area (Å²) in [5.41, 5.74) is 0.921. The van der Waals surface area contributed by atoms with Gasteiger partial charge in [-0.15, -0.1) is 10.2 Å². The van der Waals surface area contributed by atoms with Crippen molar-refractivity contribution in [3.63, 3.8) is 0 Å². The van der Waals surface area contributed by atoms with Crippen LogP contribution in [-0.4, -0.2) is 33.0 Å². The van der Waals surface area contributed by atoms with Crippen molar-refractivity contribution in [2.24, 2.45) is 11.8 Å². The first-order chi connectivity index (χ1) is 11.6. The number of piperidine rings is 1. The van der Waals surface area contributed by atoms with Crippen LogP contribution in [0.4, 0.5) is 5.95 Å². The molecule has 2 atom stereocenters. The van der Waals surface area contributed by atoms with Gasteiger partial charge in [0.2, 0.25) is 5.95 Å². The lowest BCUT2D eigenvalue weighted by atomic mass is 9.85. The Morgan fingerprint density at radius 2 is 1.92 bits per heavy atom. The highest BCUT2D eigenvalue weighted by Crippen LogP contribution is 2.37. The van der Waals surface area contributed by atoms with Gasteiger partial charge in [0.1, 0.15) is 5.82 Å². The molecule has 1 aliphatic carbocycles. The third-order valence-corrected chi connectivity index (χ3v) is 5.37. The Hall–Kier alpha value is -1.85. The van der Waals surface area contributed by atoms with Crippen LogP contribution in [0, 0.1) is 18.8 Å². The quantitative estimate of drug-likeness (QED) is 0.860. The normalized spacial score (nSPS) is 25.0. The fourth-order valence-corrected chi connectivity index (χ4v) is 4.13. The summed E-state index contributed by atoms with van der Waals surface area (Å²) in [6.07, 6.45) is 5.04. The van der Waals surface area contributed by atoms with Gasteiger partial charge in [0.15, 0.2) is 5.76 Å². The maximum Gasteiger partial charge on any atom is 0.227 e. The van der Waals surface area contributed by atoms with E-state index in [2.05, 4.69) is 38.7 Å². The fourth-order valence-electron chi connectivity index (χ4n) is 4.13. The second-order valence-corrected chi connectivity index (χ2v) is 7.86. The van der Waals surface area contributed by atoms with Crippen LogP contribution in [0.25, 0.3) is 0 Å². The van der Waals surface area contributed by atoms with Crippen molar-refractivity contribution in [1.29, 1.82) is 0 Å². The average molecular weight is 329 g/mol. The molecule has 6 nitrogen and oxygen atoms in total. The SMILES string of the molecule is Cc1cc(Cn2c(C3CCC3)nnc2N2CC(C)CC(C)C2)on1. The van der Waals surface area contributed by atoms with Crippen LogP contribution in [0.5, 0.6) is 0 Å². The van der Waals surface area contributed by atoms with Gasteiger partial charge in [0.05, 0.1) is 12.2 Å². The molecule has 4 rings (SSSR count). The van der Waals surface area contributed by atoms with Crippen LogP contribution in [0.3, 0.4) is 0 Å². The zero-order valence-electron chi connectivity index (χ0n) is 14.9. The van der Waals surface area contributed by atoms with Gasteiger partial charge in [0.25, 0.3) is 0 Å². The highest BCUT2D eigenvalue weighted by atomic mass is 16.5. The molecule has 1 saturated heterocycles. The summed E-state index contributed by atoms with van der Waals surface area (Å²) in [7, 11) is 0. The van der Waals surface area contributed by atoms with Gasteiger partial charge in [-0.1, -0.05) is 25.4 Å². The maximum absolute atomic E-state index is 5.46. The Labute approximate surface area is 143 Å². The molecule has 130 valence electrons. The van der Waals surface area contributed by atoms with Crippen molar-refractivity contribution in [3.8, 4) is 0 Å². The van der Waals surface area contributed by atoms with Crippen molar-refractivity contribution in [2.75, 3.05) is 18.0 Å². The van der Waals surface area contributed by atoms with E-state index in [1.165, 1.54) is 25.7 Å². The van der Waals surface area contributed by atoms with E-state index < -0.39 is 0 Å². The molecule has 0 amide bonds. The van der Waals surface area contributed by atoms with E-state index in [1.807, 2.05) is 13.0 Å². The number of rotatable bonds is 4. The fraction of sp³-hybridized carbons (Fsp3) is 0.722. The van der Waals surface area contributed by atoms with E-state index in [0.717, 1.165) is 36.3 Å². The van der Waals surface area contributed by atoms with E-state index in [0.29, 0.717) is 24.3 Å². The van der Waals surface area contributed by atoms with Crippen molar-refractivity contribution in [2.45, 2.75) is 58.9 Å². The maximum atomic E-state index is 5.46. The summed E-state index contributed by atoms with van der Waals surface area (Å²) >= 11 is 0. The van der Waals surface area contributed by atoms with Gasteiger partial charge in [-0.2, -0.15) is 0 Å². The molecule has 0 bridgehead atoms. The lowest BCUT2D eigenvalue weighted by molar-refractivity contribution is 0.342. The predicted molar refractivity (Wildman–Crippen MR) is 92.1 cm³/mol. The molecule has 2 unspecified atom stereocenters. The Bertz CT molecular complexity index is 692. The first kappa shape index (κ1) is 15.7. The average Bonchev–Trinajstić information content (AvgIpc) is 3.04. The van der Waals surface area contributed by atoms with Gasteiger partial charge in [-0.25, -0.2) is 0 Å². The van der Waals surface area contributed by atoms with Crippen LogP contribution < -0.4 is 4.90 Å². The molecule has 6 heteroatoms. The summed E-state index contributed by atoms with van der Waals surface area (Å²) in [5.74, 6) is 4.94. The van der Waals surface area contributed by atoms with Crippen LogP contribution >= 0.6 is 0 Å². The van der Waals surface area contributed by atoms with Gasteiger partial charge in [0, 0.05) is 25.1 Å². The molecule has 0 radical (unpaired) electrons. The van der Waals surface area contributed by atoms with Crippen molar-refractivity contribution < 1.29 is 4.52 Å². The largest absolute Gasteiger partial charge is 0.359 e. The summed E-state index contributed by atoms with van der Waals surface area (Å²) in [5, 5.41) is 13.2. The molecule has 2 aromatic rings. The summed E-state index contributed by atoms with van der Waals surface area (Å²) < 4.78 is 7.74. The summed E-state index contributed by atoms with van der Waals surface area (Å²) in [6.45, 7) is 9.41. The molecular weight excluding hydrogens is 302 g/mol. The van der Waals surface area contributed by atoms with Crippen molar-refractivity contribution in [1.82, 2.24) is 19.9 Å². The van der Waals surface area contributed by atoms with E-state index in [4.69, 9.17) is 4.52 Å². The zero-order valence-corrected chi connectivity index (χ0v) is 14.9. The third kappa shape index (κ3) is 2.94. The monoisotopic (exact) mass is 329 g/mol. The Morgan fingerprint density at radius 1 is 1.17 bits per heavy atom. The molecule has 1 aliphatic heterocycles. The first-order valence-electron chi connectivity index (χ1n) is 9.20. The molecule has 0 spiro atoms. The molecule has 2 aromatic heterocycles. The summed E-state index contributed by atoms with van der Waals surface area (Å²) in [4.78, 5) is 2.41. The van der Waals surface area contributed by atoms with Crippen LogP contribution in [0.1, 0.15) is 62.7 Å². The lowest BCUT2D eigenvalue weighted by Crippen LogP contribution is -2.40. The Morgan fingerprint density at radius 3 is 2.50 bits per heavy atom. The molecule has 0 aromatic carbocycles. The van der Waals surface area contributed by atoms with Gasteiger partial charge >= 0.3 is 0 Å². The zero-order chi connectivity index (χ0) is 16.7. The third-order valence-electron chi connectivity index (χ3n) is 5.37. The second kappa shape index (κ2) is 6.22. The topological polar surface area (TPSA) is 60.0 Å². The van der Waals surface area contributed by atoms with Crippen molar-refractivity contribution >= 4 is 5.95 Å². The number of anilines is 1. The minimum absolute atomic E-state index is 0.551. The second-order valence-electron chi connectivity index (χ2n) is 7.86. The van der Waals surface area contributed by atoms with Crippen molar-refractivity contribution in [3.05, 3.63) is 23.3 Å². The van der Waals surface area contributed by atoms with Crippen LogP contribution in [0.15, 0.2) is 10.6 Å². The molecule has 1 saturated carbocycles. The minimum atomic E-state index is 0.551. The number of nitrogens with zero attached hydrogens (tertiary/aromatic N) is 5. The molecular formula is C18H27N5O. The van der Waals surface area contributed by atoms with Gasteiger partial charge < -0.3 is 9.42 Å². The van der Waals surface area contributed by atoms with Crippen LogP contribution in [-0.2, 0) is 6.54 Å². The molecule has 2 fully saturated rings. The van der Waals surface area contributed by atoms with Crippen LogP contribution in [0.2, 0.25) is 0 Å². The van der Waals surface area contributed by atoms with E-state index in [9.17, 15) is 0 Å². The smallest absolute Gasteiger partial charge is 0.227 e. The predicted octanol–water partition coefficient (Wildman–Crippen LogP) is 3.37. The van der Waals surface area contributed by atoms with E-state index in [1.54, 1.807) is 0 Å². The minimum Gasteiger partial charge on any atom is -0.359 e. The first-order valence-corrected chi connectivity index (χ1v) is 9.20. The summed E-state index contributed by atoms with van der Waals surface area (Å²) in [6, 6.07) is 2.01. The molecule has 3 heterocycles. The number of hydrogen-bond acceptors (Lipinski definition) is 5. The van der Waals surface area contributed by atoms with E-state index in [-0.39, 0.29) is 0 Å². The number of aryl methyl sites for hydroxylation is 1. The molecule has 2 aliphatic rings. The van der Waals surface area contributed by atoms with E-state index >= 15 is 0 Å².